The molecule has 0 saturated carbocycles. The Kier molecular flexibility index (Phi) is 5.67. The Bertz CT molecular complexity index is 2710. The molecule has 0 bridgehead atoms. The normalized spacial score (nSPS) is 15.9. The number of hydrogen-bond acceptors (Lipinski definition) is 0. The average Bonchev–Trinajstić information content (AvgIpc) is 3.79. The van der Waals surface area contributed by atoms with Gasteiger partial charge in [-0.1, -0.05) is 97.1 Å². The molecule has 1 unspecified atom stereocenters. The van der Waals surface area contributed by atoms with Crippen molar-refractivity contribution in [2.45, 2.75) is 18.5 Å². The van der Waals surface area contributed by atoms with Gasteiger partial charge in [0.05, 0.1) is 11.0 Å². The van der Waals surface area contributed by atoms with Gasteiger partial charge in [-0.05, 0) is 133 Å². The fraction of sp³-hybridized carbons (Fsp3) is 0.0833. The molecular formula is C48H34N2+2. The second kappa shape index (κ2) is 10.2. The standard InChI is InChI=1S/C48H34N2/c1-2-49-30-38-13-9-10-24-50(38)47(49)32-20-18-31(19-21-32)35-22-23-36-27-42-41-26-33-11-3-4-12-34(33)28-45(41)48(46(42)29-37(36)25-35)43-16-7-5-14-39(43)40-15-6-8-17-44(40)48/h3-30,47H,2H2,1H3/q+2. The third-order valence-electron chi connectivity index (χ3n) is 11.6. The lowest BCUT2D eigenvalue weighted by atomic mass is 9.70. The molecule has 2 heterocycles. The summed E-state index contributed by atoms with van der Waals surface area (Å²) in [7, 11) is 0. The highest BCUT2D eigenvalue weighted by molar-refractivity contribution is 6.03. The molecule has 0 radical (unpaired) electrons. The Morgan fingerprint density at radius 3 is 1.76 bits per heavy atom. The highest BCUT2D eigenvalue weighted by atomic mass is 15.3. The van der Waals surface area contributed by atoms with Crippen molar-refractivity contribution in [1.29, 1.82) is 0 Å². The molecule has 2 nitrogen and oxygen atoms in total. The summed E-state index contributed by atoms with van der Waals surface area (Å²) in [4.78, 5) is 0. The molecule has 0 saturated heterocycles. The maximum absolute atomic E-state index is 2.51. The molecule has 0 fully saturated rings. The number of hydrogen-bond donors (Lipinski definition) is 0. The monoisotopic (exact) mass is 638 g/mol. The van der Waals surface area contributed by atoms with Crippen LogP contribution in [0.25, 0.3) is 54.9 Å². The van der Waals surface area contributed by atoms with Gasteiger partial charge < -0.3 is 0 Å². The van der Waals surface area contributed by atoms with Crippen LogP contribution in [0.4, 0.5) is 0 Å². The zero-order chi connectivity index (χ0) is 33.0. The number of pyridine rings is 1. The predicted octanol–water partition coefficient (Wildman–Crippen LogP) is 10.3. The van der Waals surface area contributed by atoms with Gasteiger partial charge in [-0.3, -0.25) is 0 Å². The molecule has 2 heteroatoms. The van der Waals surface area contributed by atoms with Crippen molar-refractivity contribution in [3.63, 3.8) is 0 Å². The SMILES string of the molecule is CC[N+]1=Cc2cccc[n+]2C1c1ccc(-c2ccc3cc4c(cc3c2)C2(c3ccccc3-c3ccccc32)c2cc3ccccc3cc2-4)cc1. The van der Waals surface area contributed by atoms with E-state index in [0.717, 1.165) is 6.54 Å². The molecule has 50 heavy (non-hydrogen) atoms. The number of fused-ring (bicyclic) bond motifs is 13. The van der Waals surface area contributed by atoms with Crippen LogP contribution in [0.3, 0.4) is 0 Å². The minimum Gasteiger partial charge on any atom is -0.165 e. The van der Waals surface area contributed by atoms with Crippen LogP contribution in [-0.2, 0) is 5.41 Å². The van der Waals surface area contributed by atoms with Crippen LogP contribution in [0.2, 0.25) is 0 Å². The lowest BCUT2D eigenvalue weighted by Gasteiger charge is -2.30. The lowest BCUT2D eigenvalue weighted by Crippen LogP contribution is -2.43. The van der Waals surface area contributed by atoms with E-state index in [4.69, 9.17) is 0 Å². The molecular weight excluding hydrogens is 605 g/mol. The Morgan fingerprint density at radius 1 is 0.480 bits per heavy atom. The topological polar surface area (TPSA) is 6.89 Å². The third-order valence-corrected chi connectivity index (χ3v) is 11.6. The molecule has 1 aliphatic heterocycles. The van der Waals surface area contributed by atoms with Gasteiger partial charge in [-0.25, -0.2) is 0 Å². The maximum atomic E-state index is 2.51. The van der Waals surface area contributed by atoms with Crippen molar-refractivity contribution >= 4 is 27.8 Å². The highest BCUT2D eigenvalue weighted by Crippen LogP contribution is 2.63. The van der Waals surface area contributed by atoms with Crippen molar-refractivity contribution in [2.75, 3.05) is 6.54 Å². The second-order valence-electron chi connectivity index (χ2n) is 14.0. The van der Waals surface area contributed by atoms with E-state index in [1.807, 2.05) is 0 Å². The van der Waals surface area contributed by atoms with E-state index in [1.165, 1.54) is 88.4 Å². The van der Waals surface area contributed by atoms with Gasteiger partial charge in [0.15, 0.2) is 6.20 Å². The molecule has 7 aromatic carbocycles. The summed E-state index contributed by atoms with van der Waals surface area (Å²) in [5, 5.41) is 5.12. The molecule has 11 rings (SSSR count). The first-order valence-electron chi connectivity index (χ1n) is 17.7. The Hall–Kier alpha value is -6.12. The highest BCUT2D eigenvalue weighted by Gasteiger charge is 2.51. The van der Waals surface area contributed by atoms with Crippen LogP contribution in [0, 0.1) is 0 Å². The van der Waals surface area contributed by atoms with Crippen LogP contribution >= 0.6 is 0 Å². The third kappa shape index (κ3) is 3.63. The number of aromatic nitrogens is 1. The van der Waals surface area contributed by atoms with Crippen molar-refractivity contribution in [1.82, 2.24) is 0 Å². The average molecular weight is 639 g/mol. The fourth-order valence-electron chi connectivity index (χ4n) is 9.41. The van der Waals surface area contributed by atoms with Crippen LogP contribution in [0.5, 0.6) is 0 Å². The number of rotatable bonds is 3. The Morgan fingerprint density at radius 2 is 1.06 bits per heavy atom. The summed E-state index contributed by atoms with van der Waals surface area (Å²) in [5.74, 6) is 0. The van der Waals surface area contributed by atoms with Crippen molar-refractivity contribution in [3.8, 4) is 33.4 Å². The smallest absolute Gasteiger partial charge is 0.165 e. The summed E-state index contributed by atoms with van der Waals surface area (Å²) in [6.45, 7) is 3.18. The minimum atomic E-state index is -0.370. The molecule has 0 N–H and O–H groups in total. The van der Waals surface area contributed by atoms with E-state index >= 15 is 0 Å². The Balaban J connectivity index is 1.10. The minimum absolute atomic E-state index is 0.177. The second-order valence-corrected chi connectivity index (χ2v) is 14.0. The van der Waals surface area contributed by atoms with Crippen LogP contribution in [0.1, 0.15) is 46.6 Å². The molecule has 234 valence electrons. The molecule has 1 spiro atoms. The first kappa shape index (κ1) is 27.8. The first-order valence-corrected chi connectivity index (χ1v) is 17.7. The van der Waals surface area contributed by atoms with Gasteiger partial charge in [-0.15, -0.1) is 4.57 Å². The lowest BCUT2D eigenvalue weighted by molar-refractivity contribution is -0.850. The van der Waals surface area contributed by atoms with E-state index in [9.17, 15) is 0 Å². The van der Waals surface area contributed by atoms with Crippen LogP contribution < -0.4 is 4.57 Å². The van der Waals surface area contributed by atoms with E-state index in [0.29, 0.717) is 0 Å². The van der Waals surface area contributed by atoms with E-state index in [-0.39, 0.29) is 11.6 Å². The Labute approximate surface area is 291 Å². The molecule has 1 aromatic heterocycles. The summed E-state index contributed by atoms with van der Waals surface area (Å²) in [6, 6.07) is 59.5. The quantitative estimate of drug-likeness (QED) is 0.170. The van der Waals surface area contributed by atoms with Gasteiger partial charge in [0.1, 0.15) is 6.54 Å². The fourth-order valence-corrected chi connectivity index (χ4v) is 9.41. The van der Waals surface area contributed by atoms with Gasteiger partial charge in [0.25, 0.3) is 5.69 Å². The number of nitrogens with zero attached hydrogens (tertiary/aromatic N) is 2. The van der Waals surface area contributed by atoms with Crippen molar-refractivity contribution < 1.29 is 9.14 Å². The summed E-state index contributed by atoms with van der Waals surface area (Å²) in [5.41, 5.74) is 15.5. The largest absolute Gasteiger partial charge is 0.375 e. The van der Waals surface area contributed by atoms with Crippen LogP contribution in [-0.4, -0.2) is 17.3 Å². The molecule has 3 aliphatic rings. The van der Waals surface area contributed by atoms with Crippen LogP contribution in [0.15, 0.2) is 164 Å². The van der Waals surface area contributed by atoms with Gasteiger partial charge >= 0.3 is 6.17 Å². The van der Waals surface area contributed by atoms with Crippen molar-refractivity contribution in [2.24, 2.45) is 0 Å². The van der Waals surface area contributed by atoms with Crippen molar-refractivity contribution in [3.05, 3.63) is 197 Å². The van der Waals surface area contributed by atoms with E-state index < -0.39 is 0 Å². The zero-order valence-corrected chi connectivity index (χ0v) is 27.8. The van der Waals surface area contributed by atoms with E-state index in [2.05, 4.69) is 186 Å². The maximum Gasteiger partial charge on any atom is 0.375 e. The molecule has 0 amide bonds. The van der Waals surface area contributed by atoms with Gasteiger partial charge in [-0.2, -0.15) is 4.58 Å². The zero-order valence-electron chi connectivity index (χ0n) is 27.8. The molecule has 8 aromatic rings. The van der Waals surface area contributed by atoms with Gasteiger partial charge in [0, 0.05) is 12.1 Å². The summed E-state index contributed by atoms with van der Waals surface area (Å²) >= 11 is 0. The van der Waals surface area contributed by atoms with Gasteiger partial charge in [0.2, 0.25) is 6.21 Å². The summed E-state index contributed by atoms with van der Waals surface area (Å²) < 4.78 is 4.78. The van der Waals surface area contributed by atoms with E-state index in [1.54, 1.807) is 0 Å². The predicted molar refractivity (Wildman–Crippen MR) is 204 cm³/mol. The molecule has 2 aliphatic carbocycles. The first-order chi connectivity index (χ1) is 24.7. The summed E-state index contributed by atoms with van der Waals surface area (Å²) in [6.07, 6.45) is 4.64. The molecule has 1 atom stereocenters. The number of benzene rings is 7.